The van der Waals surface area contributed by atoms with Gasteiger partial charge in [-0.25, -0.2) is 8.42 Å². The van der Waals surface area contributed by atoms with Gasteiger partial charge in [-0.05, 0) is 53.1 Å². The molecule has 0 radical (unpaired) electrons. The molecule has 0 aliphatic carbocycles. The average molecular weight is 643 g/mol. The summed E-state index contributed by atoms with van der Waals surface area (Å²) in [6, 6.07) is 31.5. The summed E-state index contributed by atoms with van der Waals surface area (Å²) < 4.78 is 28.6. The van der Waals surface area contributed by atoms with Crippen molar-refractivity contribution >= 4 is 50.7 Å². The van der Waals surface area contributed by atoms with E-state index < -0.39 is 10.0 Å². The third-order valence-corrected chi connectivity index (χ3v) is 10.2. The number of hydrogen-bond acceptors (Lipinski definition) is 4. The topological polar surface area (TPSA) is 60.9 Å². The molecule has 42 heavy (non-hydrogen) atoms. The van der Waals surface area contributed by atoms with Crippen LogP contribution in [-0.2, 0) is 21.4 Å². The molecule has 5 rings (SSSR count). The van der Waals surface area contributed by atoms with Crippen LogP contribution >= 0.6 is 34.8 Å². The number of carbonyl (C=O) groups excluding carboxylic acids is 1. The van der Waals surface area contributed by atoms with Crippen molar-refractivity contribution in [3.8, 4) is 0 Å². The Morgan fingerprint density at radius 3 is 1.86 bits per heavy atom. The van der Waals surface area contributed by atoms with Gasteiger partial charge in [0, 0.05) is 37.7 Å². The first-order valence-corrected chi connectivity index (χ1v) is 16.1. The first kappa shape index (κ1) is 30.5. The van der Waals surface area contributed by atoms with E-state index in [0.717, 1.165) is 0 Å². The summed E-state index contributed by atoms with van der Waals surface area (Å²) in [5.74, 6) is -0.261. The third kappa shape index (κ3) is 7.17. The maximum absolute atomic E-state index is 13.7. The molecule has 1 heterocycles. The molecule has 1 aliphatic heterocycles. The van der Waals surface area contributed by atoms with Crippen molar-refractivity contribution in [1.82, 2.24) is 14.1 Å². The highest BCUT2D eigenvalue weighted by molar-refractivity contribution is 7.89. The van der Waals surface area contributed by atoms with Crippen LogP contribution in [0.5, 0.6) is 0 Å². The molecule has 0 spiro atoms. The third-order valence-electron chi connectivity index (χ3n) is 7.37. The molecule has 4 aromatic rings. The predicted octanol–water partition coefficient (Wildman–Crippen LogP) is 6.77. The lowest BCUT2D eigenvalue weighted by molar-refractivity contribution is -0.133. The van der Waals surface area contributed by atoms with Crippen LogP contribution in [0.2, 0.25) is 15.1 Å². The number of hydrogen-bond donors (Lipinski definition) is 0. The highest BCUT2D eigenvalue weighted by Gasteiger charge is 2.32. The largest absolute Gasteiger partial charge is 0.339 e. The molecule has 1 amide bonds. The van der Waals surface area contributed by atoms with E-state index in [0.29, 0.717) is 46.8 Å². The molecule has 4 aromatic carbocycles. The molecule has 1 saturated heterocycles. The number of rotatable bonds is 9. The van der Waals surface area contributed by atoms with E-state index in [4.69, 9.17) is 34.8 Å². The van der Waals surface area contributed by atoms with Crippen LogP contribution in [0, 0.1) is 0 Å². The predicted molar refractivity (Wildman–Crippen MR) is 168 cm³/mol. The Morgan fingerprint density at radius 2 is 1.31 bits per heavy atom. The van der Waals surface area contributed by atoms with Crippen LogP contribution in [0.4, 0.5) is 0 Å². The second-order valence-electron chi connectivity index (χ2n) is 10.1. The van der Waals surface area contributed by atoms with Crippen LogP contribution in [0.15, 0.2) is 108 Å². The SMILES string of the molecule is O=C(CN(Cc1ccc(Cl)c(Cl)c1)S(=O)(=O)c1ccc(Cl)cc1)N1CCN(C(c2ccccc2)c2ccccc2)CC1. The summed E-state index contributed by atoms with van der Waals surface area (Å²) in [6.07, 6.45) is 0. The van der Waals surface area contributed by atoms with Crippen molar-refractivity contribution in [2.45, 2.75) is 17.5 Å². The quantitative estimate of drug-likeness (QED) is 0.202. The fourth-order valence-electron chi connectivity index (χ4n) is 5.19. The van der Waals surface area contributed by atoms with Gasteiger partial charge in [-0.15, -0.1) is 0 Å². The van der Waals surface area contributed by atoms with Crippen LogP contribution in [0.25, 0.3) is 0 Å². The lowest BCUT2D eigenvalue weighted by atomic mass is 9.96. The fourth-order valence-corrected chi connectivity index (χ4v) is 7.01. The summed E-state index contributed by atoms with van der Waals surface area (Å²) in [7, 11) is -4.03. The molecule has 218 valence electrons. The second kappa shape index (κ2) is 13.6. The zero-order chi connectivity index (χ0) is 29.7. The molecular formula is C32H30Cl3N3O3S. The maximum atomic E-state index is 13.7. The van der Waals surface area contributed by atoms with Gasteiger partial charge < -0.3 is 4.90 Å². The lowest BCUT2D eigenvalue weighted by Gasteiger charge is -2.40. The molecule has 1 fully saturated rings. The first-order chi connectivity index (χ1) is 20.2. The Bertz CT molecular complexity index is 1570. The molecule has 6 nitrogen and oxygen atoms in total. The van der Waals surface area contributed by atoms with E-state index in [1.807, 2.05) is 36.4 Å². The Hall–Kier alpha value is -2.91. The summed E-state index contributed by atoms with van der Waals surface area (Å²) in [5.41, 5.74) is 2.99. The van der Waals surface area contributed by atoms with Gasteiger partial charge in [0.15, 0.2) is 0 Å². The first-order valence-electron chi connectivity index (χ1n) is 13.5. The van der Waals surface area contributed by atoms with Gasteiger partial charge in [0.25, 0.3) is 0 Å². The smallest absolute Gasteiger partial charge is 0.243 e. The van der Waals surface area contributed by atoms with E-state index in [-0.39, 0.29) is 29.9 Å². The van der Waals surface area contributed by atoms with Crippen molar-refractivity contribution in [3.05, 3.63) is 135 Å². The zero-order valence-electron chi connectivity index (χ0n) is 22.7. The summed E-state index contributed by atoms with van der Waals surface area (Å²) >= 11 is 18.3. The van der Waals surface area contributed by atoms with E-state index in [2.05, 4.69) is 29.2 Å². The van der Waals surface area contributed by atoms with Gasteiger partial charge in [0.1, 0.15) is 0 Å². The van der Waals surface area contributed by atoms with Crippen LogP contribution in [0.3, 0.4) is 0 Å². The van der Waals surface area contributed by atoms with Crippen molar-refractivity contribution in [2.24, 2.45) is 0 Å². The van der Waals surface area contributed by atoms with Gasteiger partial charge in [-0.1, -0.05) is 102 Å². The highest BCUT2D eigenvalue weighted by atomic mass is 35.5. The van der Waals surface area contributed by atoms with Crippen LogP contribution in [0.1, 0.15) is 22.7 Å². The molecule has 0 saturated carbocycles. The van der Waals surface area contributed by atoms with Gasteiger partial charge in [0.05, 0.1) is 27.5 Å². The highest BCUT2D eigenvalue weighted by Crippen LogP contribution is 2.30. The number of amides is 1. The number of sulfonamides is 1. The van der Waals surface area contributed by atoms with Gasteiger partial charge in [-0.2, -0.15) is 4.31 Å². The minimum absolute atomic E-state index is 0.0440. The Morgan fingerprint density at radius 1 is 0.738 bits per heavy atom. The zero-order valence-corrected chi connectivity index (χ0v) is 25.8. The van der Waals surface area contributed by atoms with Gasteiger partial charge in [-0.3, -0.25) is 9.69 Å². The van der Waals surface area contributed by atoms with Gasteiger partial charge >= 0.3 is 0 Å². The Kier molecular flexibility index (Phi) is 9.88. The fraction of sp³-hybridized carbons (Fsp3) is 0.219. The summed E-state index contributed by atoms with van der Waals surface area (Å²) in [4.78, 5) is 17.8. The molecule has 10 heteroatoms. The van der Waals surface area contributed by atoms with E-state index >= 15 is 0 Å². The molecular weight excluding hydrogens is 613 g/mol. The van der Waals surface area contributed by atoms with Crippen molar-refractivity contribution < 1.29 is 13.2 Å². The minimum atomic E-state index is -4.03. The number of carbonyl (C=O) groups is 1. The van der Waals surface area contributed by atoms with E-state index in [9.17, 15) is 13.2 Å². The van der Waals surface area contributed by atoms with E-state index in [1.54, 1.807) is 23.1 Å². The monoisotopic (exact) mass is 641 g/mol. The Balaban J connectivity index is 1.33. The molecule has 1 aliphatic rings. The van der Waals surface area contributed by atoms with Crippen LogP contribution in [-0.4, -0.2) is 61.2 Å². The van der Waals surface area contributed by atoms with Crippen molar-refractivity contribution in [1.29, 1.82) is 0 Å². The summed E-state index contributed by atoms with van der Waals surface area (Å²) in [5, 5.41) is 1.10. The molecule has 0 unspecified atom stereocenters. The normalized spacial score (nSPS) is 14.5. The number of piperazine rings is 1. The molecule has 0 N–H and O–H groups in total. The Labute approximate surface area is 262 Å². The number of benzene rings is 4. The number of nitrogens with zero attached hydrogens (tertiary/aromatic N) is 3. The maximum Gasteiger partial charge on any atom is 0.243 e. The van der Waals surface area contributed by atoms with Crippen molar-refractivity contribution in [2.75, 3.05) is 32.7 Å². The van der Waals surface area contributed by atoms with Gasteiger partial charge in [0.2, 0.25) is 15.9 Å². The second-order valence-corrected chi connectivity index (χ2v) is 13.3. The molecule has 0 atom stereocenters. The standard InChI is InChI=1S/C32H30Cl3N3O3S/c33-27-12-14-28(15-13-27)42(40,41)38(22-24-11-16-29(34)30(35)21-24)23-31(39)36-17-19-37(20-18-36)32(25-7-3-1-4-8-25)26-9-5-2-6-10-26/h1-16,21,32H,17-20,22-23H2. The molecule has 0 bridgehead atoms. The van der Waals surface area contributed by atoms with E-state index in [1.165, 1.54) is 39.7 Å². The average Bonchev–Trinajstić information content (AvgIpc) is 3.00. The number of halogens is 3. The van der Waals surface area contributed by atoms with Crippen LogP contribution < -0.4 is 0 Å². The molecule has 0 aromatic heterocycles. The minimum Gasteiger partial charge on any atom is -0.339 e. The lowest BCUT2D eigenvalue weighted by Crippen LogP contribution is -2.52. The van der Waals surface area contributed by atoms with Crippen molar-refractivity contribution in [3.63, 3.8) is 0 Å². The summed E-state index contributed by atoms with van der Waals surface area (Å²) in [6.45, 7) is 1.91.